The number of hydrogen-bond acceptors (Lipinski definition) is 5. The number of nitrogens with one attached hydrogen (secondary N) is 1. The number of thioether (sulfide) groups is 1. The molecule has 2 atom stereocenters. The van der Waals surface area contributed by atoms with Gasteiger partial charge in [-0.15, -0.1) is 11.8 Å². The molecule has 5 rings (SSSR count). The maximum absolute atomic E-state index is 14.4. The number of benzene rings is 2. The molecule has 3 aromatic rings. The fraction of sp³-hybridized carbons (Fsp3) is 0.414. The Hall–Kier alpha value is -3.24. The van der Waals surface area contributed by atoms with Crippen molar-refractivity contribution >= 4 is 29.4 Å². The number of halogens is 2. The molecule has 10 heteroatoms. The molecule has 0 aliphatic carbocycles. The summed E-state index contributed by atoms with van der Waals surface area (Å²) in [6, 6.07) is 12.2. The van der Waals surface area contributed by atoms with Crippen LogP contribution in [0.3, 0.4) is 0 Å². The van der Waals surface area contributed by atoms with Crippen molar-refractivity contribution in [2.24, 2.45) is 0 Å². The van der Waals surface area contributed by atoms with Gasteiger partial charge in [0.1, 0.15) is 24.0 Å². The molecule has 0 saturated carbocycles. The smallest absolute Gasteiger partial charge is 0.240 e. The van der Waals surface area contributed by atoms with Crippen molar-refractivity contribution in [3.8, 4) is 5.69 Å². The van der Waals surface area contributed by atoms with E-state index in [2.05, 4.69) is 5.32 Å². The molecule has 1 N–H and O–H groups in total. The first kappa shape index (κ1) is 27.3. The molecule has 3 heterocycles. The Morgan fingerprint density at radius 1 is 1.15 bits per heavy atom. The molecule has 206 valence electrons. The number of aromatic nitrogens is 2. The van der Waals surface area contributed by atoms with Gasteiger partial charge in [0, 0.05) is 24.1 Å². The van der Waals surface area contributed by atoms with E-state index in [1.165, 1.54) is 40.9 Å². The molecule has 0 unspecified atom stereocenters. The molecule has 1 aromatic heterocycles. The van der Waals surface area contributed by atoms with E-state index in [-0.39, 0.29) is 36.0 Å². The zero-order valence-corrected chi connectivity index (χ0v) is 23.1. The quantitative estimate of drug-likeness (QED) is 0.469. The highest BCUT2D eigenvalue weighted by molar-refractivity contribution is 8.00. The lowest BCUT2D eigenvalue weighted by atomic mass is 9.87. The molecule has 2 aliphatic rings. The first-order chi connectivity index (χ1) is 18.6. The van der Waals surface area contributed by atoms with Crippen LogP contribution in [-0.2, 0) is 19.7 Å². The molecule has 39 heavy (non-hydrogen) atoms. The molecular formula is C29H32F2N4O3S. The van der Waals surface area contributed by atoms with Gasteiger partial charge in [0.2, 0.25) is 11.8 Å². The maximum atomic E-state index is 14.4. The van der Waals surface area contributed by atoms with Gasteiger partial charge in [-0.25, -0.2) is 13.5 Å². The van der Waals surface area contributed by atoms with E-state index in [1.807, 2.05) is 26.8 Å². The number of carbonyl (C=O) groups excluding carboxylic acids is 2. The lowest BCUT2D eigenvalue weighted by Gasteiger charge is -2.24. The summed E-state index contributed by atoms with van der Waals surface area (Å²) < 4.78 is 35.5. The van der Waals surface area contributed by atoms with Crippen molar-refractivity contribution in [2.75, 3.05) is 30.3 Å². The highest BCUT2D eigenvalue weighted by atomic mass is 32.2. The Labute approximate surface area is 230 Å². The SMILES string of the molecule is CC(C)(C)c1nn(-c2ccc(F)cc2)c2c1[C@@H](c1cccc(F)c1)SCC(=O)N2CC(=O)NC[C@H]1CCCO1. The summed E-state index contributed by atoms with van der Waals surface area (Å²) in [5.41, 5.74) is 2.24. The zero-order chi connectivity index (χ0) is 27.7. The number of anilines is 1. The highest BCUT2D eigenvalue weighted by Crippen LogP contribution is 2.48. The van der Waals surface area contributed by atoms with Crippen molar-refractivity contribution in [3.05, 3.63) is 77.0 Å². The first-order valence-corrected chi connectivity index (χ1v) is 14.1. The zero-order valence-electron chi connectivity index (χ0n) is 22.2. The minimum atomic E-state index is -0.456. The highest BCUT2D eigenvalue weighted by Gasteiger charge is 2.40. The summed E-state index contributed by atoms with van der Waals surface area (Å²) in [6.07, 6.45) is 1.81. The Balaban J connectivity index is 1.65. The summed E-state index contributed by atoms with van der Waals surface area (Å²) in [6.45, 7) is 6.89. The van der Waals surface area contributed by atoms with Gasteiger partial charge in [-0.1, -0.05) is 32.9 Å². The van der Waals surface area contributed by atoms with Gasteiger partial charge in [0.15, 0.2) is 0 Å². The molecular weight excluding hydrogens is 522 g/mol. The second kappa shape index (κ2) is 11.1. The molecule has 2 amide bonds. The van der Waals surface area contributed by atoms with Crippen LogP contribution in [0.1, 0.15) is 55.7 Å². The summed E-state index contributed by atoms with van der Waals surface area (Å²) in [4.78, 5) is 28.2. The van der Waals surface area contributed by atoms with Crippen molar-refractivity contribution in [1.29, 1.82) is 0 Å². The molecule has 1 fully saturated rings. The molecule has 2 aliphatic heterocycles. The Morgan fingerprint density at radius 2 is 1.92 bits per heavy atom. The van der Waals surface area contributed by atoms with Crippen LogP contribution in [-0.4, -0.2) is 53.1 Å². The first-order valence-electron chi connectivity index (χ1n) is 13.1. The van der Waals surface area contributed by atoms with Gasteiger partial charge in [0.25, 0.3) is 0 Å². The largest absolute Gasteiger partial charge is 0.376 e. The van der Waals surface area contributed by atoms with Crippen LogP contribution in [0.2, 0.25) is 0 Å². The monoisotopic (exact) mass is 554 g/mol. The van der Waals surface area contributed by atoms with Gasteiger partial charge in [-0.3, -0.25) is 14.5 Å². The number of hydrogen-bond donors (Lipinski definition) is 1. The Morgan fingerprint density at radius 3 is 2.59 bits per heavy atom. The third-order valence-corrected chi connectivity index (χ3v) is 8.13. The van der Waals surface area contributed by atoms with Gasteiger partial charge in [-0.05, 0) is 54.8 Å². The van der Waals surface area contributed by atoms with Crippen LogP contribution < -0.4 is 10.2 Å². The number of rotatable bonds is 6. The van der Waals surface area contributed by atoms with E-state index in [1.54, 1.807) is 22.9 Å². The standard InChI is InChI=1S/C29H32F2N4O3S/c1-29(2,3)27-25-26(18-6-4-7-20(31)14-18)39-17-24(37)34(16-23(36)32-15-22-8-5-13-38-22)28(25)35(33-27)21-11-9-19(30)10-12-21/h4,6-7,9-12,14,22,26H,5,8,13,15-17H2,1-3H3,(H,32,36)/t22-,26-/m1/s1. The number of nitrogens with zero attached hydrogens (tertiary/aromatic N) is 3. The lowest BCUT2D eigenvalue weighted by molar-refractivity contribution is -0.123. The topological polar surface area (TPSA) is 76.5 Å². The van der Waals surface area contributed by atoms with Crippen LogP contribution in [0, 0.1) is 11.6 Å². The number of amides is 2. The third kappa shape index (κ3) is 5.86. The number of ether oxygens (including phenoxy) is 1. The Kier molecular flexibility index (Phi) is 7.77. The maximum Gasteiger partial charge on any atom is 0.240 e. The van der Waals surface area contributed by atoms with E-state index >= 15 is 0 Å². The second-order valence-electron chi connectivity index (χ2n) is 10.9. The molecule has 2 aromatic carbocycles. The van der Waals surface area contributed by atoms with Gasteiger partial charge in [0.05, 0.1) is 28.5 Å². The van der Waals surface area contributed by atoms with Gasteiger partial charge >= 0.3 is 0 Å². The van der Waals surface area contributed by atoms with Crippen LogP contribution in [0.15, 0.2) is 48.5 Å². The number of fused-ring (bicyclic) bond motifs is 1. The van der Waals surface area contributed by atoms with Crippen LogP contribution in [0.4, 0.5) is 14.6 Å². The van der Waals surface area contributed by atoms with Crippen molar-refractivity contribution in [2.45, 2.75) is 50.4 Å². The average molecular weight is 555 g/mol. The minimum absolute atomic E-state index is 0.0329. The average Bonchev–Trinajstić information content (AvgIpc) is 3.52. The van der Waals surface area contributed by atoms with Crippen molar-refractivity contribution in [3.63, 3.8) is 0 Å². The molecule has 7 nitrogen and oxygen atoms in total. The molecule has 0 spiro atoms. The summed E-state index contributed by atoms with van der Waals surface area (Å²) >= 11 is 1.38. The van der Waals surface area contributed by atoms with Crippen LogP contribution in [0.5, 0.6) is 0 Å². The summed E-state index contributed by atoms with van der Waals surface area (Å²) in [7, 11) is 0. The molecule has 0 bridgehead atoms. The lowest BCUT2D eigenvalue weighted by Crippen LogP contribution is -2.44. The number of carbonyl (C=O) groups is 2. The molecule has 1 saturated heterocycles. The predicted molar refractivity (Wildman–Crippen MR) is 147 cm³/mol. The third-order valence-electron chi connectivity index (χ3n) is 6.87. The fourth-order valence-electron chi connectivity index (χ4n) is 5.00. The predicted octanol–water partition coefficient (Wildman–Crippen LogP) is 4.91. The Bertz CT molecular complexity index is 1360. The van der Waals surface area contributed by atoms with Crippen LogP contribution in [0.25, 0.3) is 5.69 Å². The van der Waals surface area contributed by atoms with Gasteiger partial charge in [-0.2, -0.15) is 5.10 Å². The van der Waals surface area contributed by atoms with Gasteiger partial charge < -0.3 is 10.1 Å². The van der Waals surface area contributed by atoms with E-state index in [9.17, 15) is 18.4 Å². The fourth-order valence-corrected chi connectivity index (χ4v) is 6.19. The van der Waals surface area contributed by atoms with Crippen molar-refractivity contribution in [1.82, 2.24) is 15.1 Å². The summed E-state index contributed by atoms with van der Waals surface area (Å²) in [5, 5.41) is 7.44. The summed E-state index contributed by atoms with van der Waals surface area (Å²) in [5.74, 6) is -0.842. The van der Waals surface area contributed by atoms with E-state index in [4.69, 9.17) is 9.84 Å². The second-order valence-corrected chi connectivity index (χ2v) is 12.0. The minimum Gasteiger partial charge on any atom is -0.376 e. The normalized spacial score (nSPS) is 19.6. The van der Waals surface area contributed by atoms with E-state index in [0.29, 0.717) is 35.9 Å². The molecule has 0 radical (unpaired) electrons. The van der Waals surface area contributed by atoms with Crippen molar-refractivity contribution < 1.29 is 23.1 Å². The van der Waals surface area contributed by atoms with E-state index < -0.39 is 16.5 Å². The van der Waals surface area contributed by atoms with Crippen LogP contribution >= 0.6 is 11.8 Å². The van der Waals surface area contributed by atoms with E-state index in [0.717, 1.165) is 18.4 Å².